The smallest absolute Gasteiger partial charge is 0.156 e. The first-order valence-electron chi connectivity index (χ1n) is 5.60. The van der Waals surface area contributed by atoms with Crippen LogP contribution in [0.3, 0.4) is 0 Å². The highest BCUT2D eigenvalue weighted by atomic mass is 35.5. The maximum atomic E-state index is 9.70. The molecular weight excluding hydrogens is 273 g/mol. The summed E-state index contributed by atoms with van der Waals surface area (Å²) < 4.78 is 5.41. The summed E-state index contributed by atoms with van der Waals surface area (Å²) in [5.41, 5.74) is 1.01. The number of nitrogens with one attached hydrogen (secondary N) is 1. The molecule has 5 heteroatoms. The highest BCUT2D eigenvalue weighted by molar-refractivity contribution is 6.37. The van der Waals surface area contributed by atoms with Gasteiger partial charge in [0.05, 0.1) is 10.0 Å². The Hall–Kier alpha value is -0.740. The highest BCUT2D eigenvalue weighted by Crippen LogP contribution is 2.32. The van der Waals surface area contributed by atoms with E-state index in [-0.39, 0.29) is 6.61 Å². The zero-order valence-electron chi connectivity index (χ0n) is 10.2. The van der Waals surface area contributed by atoms with E-state index in [1.807, 2.05) is 6.92 Å². The third kappa shape index (κ3) is 5.27. The molecule has 0 aliphatic carbocycles. The fourth-order valence-electron chi connectivity index (χ4n) is 1.31. The van der Waals surface area contributed by atoms with Crippen molar-refractivity contribution < 1.29 is 9.84 Å². The first-order chi connectivity index (χ1) is 8.50. The van der Waals surface area contributed by atoms with Crippen molar-refractivity contribution in [3.63, 3.8) is 0 Å². The molecular formula is C13H17Cl2NO2. The van der Waals surface area contributed by atoms with E-state index in [2.05, 4.69) is 11.9 Å². The molecule has 0 fully saturated rings. The minimum Gasteiger partial charge on any atom is -0.488 e. The second kappa shape index (κ2) is 7.64. The highest BCUT2D eigenvalue weighted by Gasteiger charge is 2.10. The molecule has 100 valence electrons. The van der Waals surface area contributed by atoms with Gasteiger partial charge in [0.25, 0.3) is 0 Å². The summed E-state index contributed by atoms with van der Waals surface area (Å²) in [6, 6.07) is 5.12. The van der Waals surface area contributed by atoms with Gasteiger partial charge in [-0.1, -0.05) is 41.4 Å². The van der Waals surface area contributed by atoms with Gasteiger partial charge in [0, 0.05) is 13.1 Å². The molecule has 0 heterocycles. The quantitative estimate of drug-likeness (QED) is 0.759. The molecule has 0 aliphatic rings. The van der Waals surface area contributed by atoms with Gasteiger partial charge in [-0.15, -0.1) is 0 Å². The number of hydrogen-bond donors (Lipinski definition) is 2. The standard InChI is InChI=1S/C13H17Cl2NO2/c1-9(2)6-16-7-10(17)8-18-13-11(14)4-3-5-12(13)15/h3-5,10,16-17H,1,6-8H2,2H3. The molecule has 18 heavy (non-hydrogen) atoms. The molecule has 1 unspecified atom stereocenters. The number of benzene rings is 1. The molecule has 0 aromatic heterocycles. The van der Waals surface area contributed by atoms with Crippen molar-refractivity contribution in [2.45, 2.75) is 13.0 Å². The van der Waals surface area contributed by atoms with Crippen LogP contribution in [0, 0.1) is 0 Å². The van der Waals surface area contributed by atoms with E-state index >= 15 is 0 Å². The fourth-order valence-corrected chi connectivity index (χ4v) is 1.82. The van der Waals surface area contributed by atoms with Crippen molar-refractivity contribution >= 4 is 23.2 Å². The number of aliphatic hydroxyl groups is 1. The first-order valence-corrected chi connectivity index (χ1v) is 6.36. The molecule has 0 saturated carbocycles. The summed E-state index contributed by atoms with van der Waals surface area (Å²) in [4.78, 5) is 0. The van der Waals surface area contributed by atoms with E-state index < -0.39 is 6.10 Å². The van der Waals surface area contributed by atoms with Crippen LogP contribution in [0.25, 0.3) is 0 Å². The van der Waals surface area contributed by atoms with Crippen LogP contribution in [0.5, 0.6) is 5.75 Å². The molecule has 0 aliphatic heterocycles. The van der Waals surface area contributed by atoms with Crippen molar-refractivity contribution in [3.8, 4) is 5.75 Å². The molecule has 1 rings (SSSR count). The fraction of sp³-hybridized carbons (Fsp3) is 0.385. The van der Waals surface area contributed by atoms with Crippen molar-refractivity contribution in [1.29, 1.82) is 0 Å². The maximum Gasteiger partial charge on any atom is 0.156 e. The van der Waals surface area contributed by atoms with Crippen LogP contribution in [-0.2, 0) is 0 Å². The Kier molecular flexibility index (Phi) is 6.50. The first kappa shape index (κ1) is 15.3. The van der Waals surface area contributed by atoms with Crippen LogP contribution in [0.15, 0.2) is 30.4 Å². The topological polar surface area (TPSA) is 41.5 Å². The van der Waals surface area contributed by atoms with Crippen LogP contribution in [-0.4, -0.2) is 30.9 Å². The summed E-state index contributed by atoms with van der Waals surface area (Å²) in [7, 11) is 0. The second-order valence-electron chi connectivity index (χ2n) is 4.10. The average molecular weight is 290 g/mol. The largest absolute Gasteiger partial charge is 0.488 e. The zero-order valence-corrected chi connectivity index (χ0v) is 11.8. The monoisotopic (exact) mass is 289 g/mol. The molecule has 0 saturated heterocycles. The minimum atomic E-state index is -0.628. The van der Waals surface area contributed by atoms with E-state index in [0.717, 1.165) is 5.57 Å². The van der Waals surface area contributed by atoms with Gasteiger partial charge < -0.3 is 15.2 Å². The van der Waals surface area contributed by atoms with E-state index in [4.69, 9.17) is 27.9 Å². The van der Waals surface area contributed by atoms with E-state index in [0.29, 0.717) is 28.9 Å². The number of hydrogen-bond acceptors (Lipinski definition) is 3. The molecule has 0 bridgehead atoms. The van der Waals surface area contributed by atoms with Gasteiger partial charge in [-0.2, -0.15) is 0 Å². The van der Waals surface area contributed by atoms with Gasteiger partial charge in [-0.05, 0) is 19.1 Å². The van der Waals surface area contributed by atoms with E-state index in [1.54, 1.807) is 18.2 Å². The third-order valence-corrected chi connectivity index (χ3v) is 2.74. The summed E-state index contributed by atoms with van der Waals surface area (Å²) in [5, 5.41) is 13.6. The predicted octanol–water partition coefficient (Wildman–Crippen LogP) is 2.90. The van der Waals surface area contributed by atoms with Gasteiger partial charge in [0.15, 0.2) is 5.75 Å². The predicted molar refractivity (Wildman–Crippen MR) is 75.6 cm³/mol. The Morgan fingerprint density at radius 2 is 2.06 bits per heavy atom. The van der Waals surface area contributed by atoms with Crippen molar-refractivity contribution in [1.82, 2.24) is 5.32 Å². The summed E-state index contributed by atoms with van der Waals surface area (Å²) in [6.45, 7) is 6.90. The lowest BCUT2D eigenvalue weighted by Crippen LogP contribution is -2.32. The van der Waals surface area contributed by atoms with Crippen molar-refractivity contribution in [3.05, 3.63) is 40.4 Å². The summed E-state index contributed by atoms with van der Waals surface area (Å²) in [5.74, 6) is 0.403. The lowest BCUT2D eigenvalue weighted by molar-refractivity contribution is 0.107. The van der Waals surface area contributed by atoms with E-state index in [9.17, 15) is 5.11 Å². The van der Waals surface area contributed by atoms with Crippen molar-refractivity contribution in [2.24, 2.45) is 0 Å². The number of ether oxygens (including phenoxy) is 1. The molecule has 1 atom stereocenters. The third-order valence-electron chi connectivity index (χ3n) is 2.15. The maximum absolute atomic E-state index is 9.70. The molecule has 1 aromatic carbocycles. The number of halogens is 2. The van der Waals surface area contributed by atoms with Crippen LogP contribution in [0.2, 0.25) is 10.0 Å². The van der Waals surface area contributed by atoms with Crippen LogP contribution in [0.4, 0.5) is 0 Å². The molecule has 0 spiro atoms. The lowest BCUT2D eigenvalue weighted by atomic mass is 10.3. The molecule has 0 amide bonds. The lowest BCUT2D eigenvalue weighted by Gasteiger charge is -2.14. The van der Waals surface area contributed by atoms with Crippen LogP contribution >= 0.6 is 23.2 Å². The SMILES string of the molecule is C=C(C)CNCC(O)COc1c(Cl)cccc1Cl. The second-order valence-corrected chi connectivity index (χ2v) is 4.92. The van der Waals surface area contributed by atoms with Gasteiger partial charge in [0.1, 0.15) is 12.7 Å². The zero-order chi connectivity index (χ0) is 13.5. The molecule has 2 N–H and O–H groups in total. The van der Waals surface area contributed by atoms with Gasteiger partial charge in [0.2, 0.25) is 0 Å². The average Bonchev–Trinajstić information content (AvgIpc) is 2.27. The number of aliphatic hydroxyl groups excluding tert-OH is 1. The van der Waals surface area contributed by atoms with Gasteiger partial charge >= 0.3 is 0 Å². The van der Waals surface area contributed by atoms with Gasteiger partial charge in [-0.25, -0.2) is 0 Å². The number of para-hydroxylation sites is 1. The molecule has 1 aromatic rings. The summed E-state index contributed by atoms with van der Waals surface area (Å²) >= 11 is 11.9. The molecule has 0 radical (unpaired) electrons. The normalized spacial score (nSPS) is 12.2. The minimum absolute atomic E-state index is 0.132. The number of rotatable bonds is 7. The Morgan fingerprint density at radius 3 is 2.61 bits per heavy atom. The Morgan fingerprint density at radius 1 is 1.44 bits per heavy atom. The summed E-state index contributed by atoms with van der Waals surface area (Å²) in [6.07, 6.45) is -0.628. The van der Waals surface area contributed by atoms with Crippen LogP contribution < -0.4 is 10.1 Å². The van der Waals surface area contributed by atoms with E-state index in [1.165, 1.54) is 0 Å². The Balaban J connectivity index is 2.38. The van der Waals surface area contributed by atoms with Crippen molar-refractivity contribution in [2.75, 3.05) is 19.7 Å². The Bertz CT molecular complexity index is 390. The van der Waals surface area contributed by atoms with Gasteiger partial charge in [-0.3, -0.25) is 0 Å². The Labute approximate surface area is 117 Å². The van der Waals surface area contributed by atoms with Crippen LogP contribution in [0.1, 0.15) is 6.92 Å². The molecule has 3 nitrogen and oxygen atoms in total.